The fraction of sp³-hybridized carbons (Fsp3) is 0. The van der Waals surface area contributed by atoms with Gasteiger partial charge in [0, 0.05) is 17.3 Å². The molecule has 5 nitrogen and oxygen atoms in total. The molecule has 26 heavy (non-hydrogen) atoms. The summed E-state index contributed by atoms with van der Waals surface area (Å²) >= 11 is 0. The molecule has 0 saturated heterocycles. The standard InChI is InChI=1S/C19H13F2N3O2/c20-14-7-3-12(4-8-14)18(25)23-16-2-1-11-22-17(16)24-19(26)13-5-9-15(21)10-6-13/h1-11H,(H,23,25)(H,22,24,26). The Labute approximate surface area is 147 Å². The number of carbonyl (C=O) groups excluding carboxylic acids is 2. The van der Waals surface area contributed by atoms with Gasteiger partial charge in [0.1, 0.15) is 11.6 Å². The van der Waals surface area contributed by atoms with E-state index in [0.717, 1.165) is 0 Å². The van der Waals surface area contributed by atoms with E-state index in [1.54, 1.807) is 12.1 Å². The third-order valence-corrected chi connectivity index (χ3v) is 3.50. The molecule has 0 aliphatic heterocycles. The van der Waals surface area contributed by atoms with E-state index in [4.69, 9.17) is 0 Å². The number of anilines is 2. The van der Waals surface area contributed by atoms with Crippen LogP contribution in [0.3, 0.4) is 0 Å². The fourth-order valence-electron chi connectivity index (χ4n) is 2.18. The summed E-state index contributed by atoms with van der Waals surface area (Å²) in [7, 11) is 0. The van der Waals surface area contributed by atoms with Crippen LogP contribution in [0, 0.1) is 11.6 Å². The van der Waals surface area contributed by atoms with Gasteiger partial charge >= 0.3 is 0 Å². The van der Waals surface area contributed by atoms with E-state index in [1.165, 1.54) is 54.7 Å². The van der Waals surface area contributed by atoms with E-state index in [1.807, 2.05) is 0 Å². The van der Waals surface area contributed by atoms with Crippen LogP contribution < -0.4 is 10.6 Å². The SMILES string of the molecule is O=C(Nc1cccnc1NC(=O)c1ccc(F)cc1)c1ccc(F)cc1. The van der Waals surface area contributed by atoms with Crippen LogP contribution in [-0.2, 0) is 0 Å². The normalized spacial score (nSPS) is 10.2. The molecule has 130 valence electrons. The lowest BCUT2D eigenvalue weighted by molar-refractivity contribution is 0.101. The summed E-state index contributed by atoms with van der Waals surface area (Å²) in [5.74, 6) is -1.74. The van der Waals surface area contributed by atoms with Crippen molar-refractivity contribution in [2.75, 3.05) is 10.6 Å². The lowest BCUT2D eigenvalue weighted by Crippen LogP contribution is -2.17. The Morgan fingerprint density at radius 1 is 0.731 bits per heavy atom. The minimum absolute atomic E-state index is 0.136. The molecule has 0 spiro atoms. The average molecular weight is 353 g/mol. The first kappa shape index (κ1) is 17.2. The van der Waals surface area contributed by atoms with Crippen molar-refractivity contribution in [1.29, 1.82) is 0 Å². The summed E-state index contributed by atoms with van der Waals surface area (Å²) in [5.41, 5.74) is 0.774. The molecular weight excluding hydrogens is 340 g/mol. The molecule has 0 bridgehead atoms. The molecule has 3 aromatic rings. The van der Waals surface area contributed by atoms with Gasteiger partial charge in [-0.3, -0.25) is 9.59 Å². The fourth-order valence-corrected chi connectivity index (χ4v) is 2.18. The van der Waals surface area contributed by atoms with Crippen molar-refractivity contribution in [2.24, 2.45) is 0 Å². The highest BCUT2D eigenvalue weighted by atomic mass is 19.1. The van der Waals surface area contributed by atoms with Crippen LogP contribution in [-0.4, -0.2) is 16.8 Å². The number of pyridine rings is 1. The molecule has 0 aliphatic rings. The molecule has 0 aliphatic carbocycles. The lowest BCUT2D eigenvalue weighted by Gasteiger charge is -2.11. The quantitative estimate of drug-likeness (QED) is 0.748. The lowest BCUT2D eigenvalue weighted by atomic mass is 10.2. The first-order valence-electron chi connectivity index (χ1n) is 7.62. The maximum Gasteiger partial charge on any atom is 0.256 e. The second-order valence-electron chi connectivity index (χ2n) is 5.32. The number of aromatic nitrogens is 1. The largest absolute Gasteiger partial charge is 0.319 e. The van der Waals surface area contributed by atoms with Crippen LogP contribution >= 0.6 is 0 Å². The van der Waals surface area contributed by atoms with Crippen molar-refractivity contribution in [3.05, 3.63) is 89.6 Å². The number of amides is 2. The second kappa shape index (κ2) is 7.52. The maximum absolute atomic E-state index is 13.0. The number of hydrogen-bond donors (Lipinski definition) is 2. The summed E-state index contributed by atoms with van der Waals surface area (Å²) in [5, 5.41) is 5.18. The summed E-state index contributed by atoms with van der Waals surface area (Å²) in [6, 6.07) is 13.2. The van der Waals surface area contributed by atoms with Crippen LogP contribution in [0.25, 0.3) is 0 Å². The third-order valence-electron chi connectivity index (χ3n) is 3.50. The van der Waals surface area contributed by atoms with E-state index in [2.05, 4.69) is 15.6 Å². The minimum atomic E-state index is -0.499. The van der Waals surface area contributed by atoms with Crippen LogP contribution in [0.4, 0.5) is 20.3 Å². The van der Waals surface area contributed by atoms with Crippen molar-refractivity contribution in [3.8, 4) is 0 Å². The number of nitrogens with one attached hydrogen (secondary N) is 2. The molecule has 0 saturated carbocycles. The maximum atomic E-state index is 13.0. The Balaban J connectivity index is 1.77. The molecule has 2 amide bonds. The highest BCUT2D eigenvalue weighted by Gasteiger charge is 2.13. The Hall–Kier alpha value is -3.61. The molecule has 0 atom stereocenters. The number of hydrogen-bond acceptors (Lipinski definition) is 3. The van der Waals surface area contributed by atoms with E-state index < -0.39 is 23.4 Å². The van der Waals surface area contributed by atoms with Gasteiger partial charge in [0.05, 0.1) is 5.69 Å². The zero-order chi connectivity index (χ0) is 18.5. The first-order chi connectivity index (χ1) is 12.5. The topological polar surface area (TPSA) is 71.1 Å². The van der Waals surface area contributed by atoms with Gasteiger partial charge in [-0.15, -0.1) is 0 Å². The molecular formula is C19H13F2N3O2. The van der Waals surface area contributed by atoms with Crippen molar-refractivity contribution < 1.29 is 18.4 Å². The molecule has 0 fully saturated rings. The van der Waals surface area contributed by atoms with Gasteiger partial charge in [-0.2, -0.15) is 0 Å². The predicted octanol–water partition coefficient (Wildman–Crippen LogP) is 3.86. The molecule has 1 aromatic heterocycles. The molecule has 1 heterocycles. The molecule has 0 unspecified atom stereocenters. The predicted molar refractivity (Wildman–Crippen MR) is 92.9 cm³/mol. The van der Waals surface area contributed by atoms with Gasteiger partial charge in [0.15, 0.2) is 5.82 Å². The Morgan fingerprint density at radius 2 is 1.23 bits per heavy atom. The van der Waals surface area contributed by atoms with Crippen LogP contribution in [0.15, 0.2) is 66.9 Å². The van der Waals surface area contributed by atoms with Gasteiger partial charge in [0.25, 0.3) is 11.8 Å². The van der Waals surface area contributed by atoms with Crippen molar-refractivity contribution in [2.45, 2.75) is 0 Å². The number of carbonyl (C=O) groups is 2. The number of nitrogens with zero attached hydrogens (tertiary/aromatic N) is 1. The molecule has 0 radical (unpaired) electrons. The van der Waals surface area contributed by atoms with E-state index in [9.17, 15) is 18.4 Å². The highest BCUT2D eigenvalue weighted by Crippen LogP contribution is 2.20. The first-order valence-corrected chi connectivity index (χ1v) is 7.62. The second-order valence-corrected chi connectivity index (χ2v) is 5.32. The zero-order valence-corrected chi connectivity index (χ0v) is 13.4. The zero-order valence-electron chi connectivity index (χ0n) is 13.4. The Morgan fingerprint density at radius 3 is 1.77 bits per heavy atom. The third kappa shape index (κ3) is 4.07. The van der Waals surface area contributed by atoms with Crippen LogP contribution in [0.5, 0.6) is 0 Å². The smallest absolute Gasteiger partial charge is 0.256 e. The number of rotatable bonds is 4. The molecule has 3 rings (SSSR count). The molecule has 2 aromatic carbocycles. The number of benzene rings is 2. The van der Waals surface area contributed by atoms with Gasteiger partial charge < -0.3 is 10.6 Å². The summed E-state index contributed by atoms with van der Waals surface area (Å²) < 4.78 is 25.9. The van der Waals surface area contributed by atoms with Gasteiger partial charge in [-0.1, -0.05) is 0 Å². The van der Waals surface area contributed by atoms with Gasteiger partial charge in [0.2, 0.25) is 0 Å². The van der Waals surface area contributed by atoms with E-state index in [0.29, 0.717) is 0 Å². The summed E-state index contributed by atoms with van der Waals surface area (Å²) in [6.45, 7) is 0. The van der Waals surface area contributed by atoms with Gasteiger partial charge in [-0.05, 0) is 60.7 Å². The monoisotopic (exact) mass is 353 g/mol. The van der Waals surface area contributed by atoms with Crippen molar-refractivity contribution in [1.82, 2.24) is 4.98 Å². The summed E-state index contributed by atoms with van der Waals surface area (Å²) in [6.07, 6.45) is 1.45. The minimum Gasteiger partial charge on any atom is -0.319 e. The Bertz CT molecular complexity index is 863. The van der Waals surface area contributed by atoms with E-state index in [-0.39, 0.29) is 22.6 Å². The average Bonchev–Trinajstić information content (AvgIpc) is 2.64. The van der Waals surface area contributed by atoms with E-state index >= 15 is 0 Å². The van der Waals surface area contributed by atoms with Crippen LogP contribution in [0.1, 0.15) is 20.7 Å². The van der Waals surface area contributed by atoms with Gasteiger partial charge in [-0.25, -0.2) is 13.8 Å². The van der Waals surface area contributed by atoms with Crippen molar-refractivity contribution in [3.63, 3.8) is 0 Å². The molecule has 2 N–H and O–H groups in total. The van der Waals surface area contributed by atoms with Crippen molar-refractivity contribution >= 4 is 23.3 Å². The highest BCUT2D eigenvalue weighted by molar-refractivity contribution is 6.09. The number of halogens is 2. The van der Waals surface area contributed by atoms with Crippen LogP contribution in [0.2, 0.25) is 0 Å². The molecule has 7 heteroatoms. The Kier molecular flexibility index (Phi) is 4.98. The summed E-state index contributed by atoms with van der Waals surface area (Å²) in [4.78, 5) is 28.5.